The molecular formula is C21H29FN2O2S. The molecule has 4 nitrogen and oxygen atoms in total. The average Bonchev–Trinajstić information content (AvgIpc) is 3.05. The van der Waals surface area contributed by atoms with Crippen LogP contribution in [0, 0.1) is 11.7 Å². The van der Waals surface area contributed by atoms with Gasteiger partial charge in [-0.1, -0.05) is 25.3 Å². The number of nitrogens with zero attached hydrogens (tertiary/aromatic N) is 1. The minimum Gasteiger partial charge on any atom is -0.350 e. The van der Waals surface area contributed by atoms with Crippen LogP contribution in [0.4, 0.5) is 4.39 Å². The molecule has 6 heteroatoms. The first kappa shape index (κ1) is 20.2. The molecule has 0 spiro atoms. The van der Waals surface area contributed by atoms with Gasteiger partial charge in [-0.05, 0) is 57.7 Å². The molecule has 0 bridgehead atoms. The van der Waals surface area contributed by atoms with Gasteiger partial charge in [-0.3, -0.25) is 9.59 Å². The van der Waals surface area contributed by atoms with E-state index in [1.807, 2.05) is 20.8 Å². The molecule has 1 heterocycles. The SMILES string of the molecule is CC(C)(C)NC(=O)[C@H]1CS[C@H](C2CCCCC2)N1C(=O)c1cccc(F)c1. The van der Waals surface area contributed by atoms with Gasteiger partial charge in [-0.15, -0.1) is 11.8 Å². The average molecular weight is 393 g/mol. The van der Waals surface area contributed by atoms with Crippen molar-refractivity contribution in [2.75, 3.05) is 5.75 Å². The Labute approximate surface area is 165 Å². The molecule has 2 aliphatic rings. The number of carbonyl (C=O) groups excluding carboxylic acids is 2. The second-order valence-electron chi connectivity index (χ2n) is 8.60. The van der Waals surface area contributed by atoms with Crippen molar-refractivity contribution in [2.24, 2.45) is 5.92 Å². The molecule has 27 heavy (non-hydrogen) atoms. The molecule has 1 aliphatic carbocycles. The Balaban J connectivity index is 1.89. The van der Waals surface area contributed by atoms with E-state index in [0.29, 0.717) is 17.2 Å². The van der Waals surface area contributed by atoms with Crippen molar-refractivity contribution in [2.45, 2.75) is 69.8 Å². The summed E-state index contributed by atoms with van der Waals surface area (Å²) < 4.78 is 13.7. The highest BCUT2D eigenvalue weighted by Gasteiger charge is 2.45. The summed E-state index contributed by atoms with van der Waals surface area (Å²) >= 11 is 1.70. The molecule has 1 aromatic rings. The lowest BCUT2D eigenvalue weighted by Crippen LogP contribution is -2.54. The van der Waals surface area contributed by atoms with Gasteiger partial charge in [0, 0.05) is 16.9 Å². The van der Waals surface area contributed by atoms with Crippen molar-refractivity contribution in [3.63, 3.8) is 0 Å². The van der Waals surface area contributed by atoms with Gasteiger partial charge in [-0.25, -0.2) is 4.39 Å². The van der Waals surface area contributed by atoms with Gasteiger partial charge < -0.3 is 10.2 Å². The zero-order chi connectivity index (χ0) is 19.6. The van der Waals surface area contributed by atoms with Crippen LogP contribution in [-0.4, -0.2) is 39.4 Å². The predicted molar refractivity (Wildman–Crippen MR) is 107 cm³/mol. The van der Waals surface area contributed by atoms with Gasteiger partial charge in [-0.2, -0.15) is 0 Å². The first-order chi connectivity index (χ1) is 12.8. The van der Waals surface area contributed by atoms with E-state index in [1.54, 1.807) is 28.8 Å². The van der Waals surface area contributed by atoms with Crippen LogP contribution >= 0.6 is 11.8 Å². The lowest BCUT2D eigenvalue weighted by Gasteiger charge is -2.36. The maximum absolute atomic E-state index is 13.7. The largest absolute Gasteiger partial charge is 0.350 e. The van der Waals surface area contributed by atoms with E-state index in [2.05, 4.69) is 5.32 Å². The topological polar surface area (TPSA) is 49.4 Å². The number of rotatable bonds is 3. The van der Waals surface area contributed by atoms with E-state index in [1.165, 1.54) is 31.4 Å². The molecule has 1 saturated heterocycles. The molecule has 1 saturated carbocycles. The summed E-state index contributed by atoms with van der Waals surface area (Å²) in [5.41, 5.74) is -0.0509. The van der Waals surface area contributed by atoms with Gasteiger partial charge in [0.05, 0.1) is 5.37 Å². The number of carbonyl (C=O) groups is 2. The van der Waals surface area contributed by atoms with E-state index in [4.69, 9.17) is 0 Å². The number of nitrogens with one attached hydrogen (secondary N) is 1. The molecule has 2 atom stereocenters. The molecule has 0 unspecified atom stereocenters. The molecule has 1 aromatic carbocycles. The second-order valence-corrected chi connectivity index (χ2v) is 9.75. The van der Waals surface area contributed by atoms with Crippen molar-refractivity contribution in [3.8, 4) is 0 Å². The standard InChI is InChI=1S/C21H29FN2O2S/c1-21(2,3)23-18(25)17-13-27-20(14-8-5-4-6-9-14)24(17)19(26)15-10-7-11-16(22)12-15/h7,10-12,14,17,20H,4-6,8-9,13H2,1-3H3,(H,23,25)/t17-,20-/m1/s1. The van der Waals surface area contributed by atoms with Crippen LogP contribution in [0.1, 0.15) is 63.2 Å². The molecule has 1 aliphatic heterocycles. The molecule has 3 rings (SSSR count). The summed E-state index contributed by atoms with van der Waals surface area (Å²) in [5, 5.41) is 3.00. The Morgan fingerprint density at radius 1 is 1.19 bits per heavy atom. The van der Waals surface area contributed by atoms with Gasteiger partial charge in [0.15, 0.2) is 0 Å². The first-order valence-electron chi connectivity index (χ1n) is 9.78. The molecule has 2 amide bonds. The van der Waals surface area contributed by atoms with Crippen LogP contribution < -0.4 is 5.32 Å². The van der Waals surface area contributed by atoms with E-state index in [9.17, 15) is 14.0 Å². The summed E-state index contributed by atoms with van der Waals surface area (Å²) in [6.07, 6.45) is 5.74. The van der Waals surface area contributed by atoms with E-state index in [0.717, 1.165) is 12.8 Å². The second kappa shape index (κ2) is 8.21. The number of thioether (sulfide) groups is 1. The van der Waals surface area contributed by atoms with Gasteiger partial charge in [0.1, 0.15) is 11.9 Å². The summed E-state index contributed by atoms with van der Waals surface area (Å²) in [4.78, 5) is 27.9. The minimum absolute atomic E-state index is 0.0169. The predicted octanol–water partition coefficient (Wildman–Crippen LogP) is 4.20. The summed E-state index contributed by atoms with van der Waals surface area (Å²) in [7, 11) is 0. The van der Waals surface area contributed by atoms with Crippen molar-refractivity contribution >= 4 is 23.6 Å². The maximum Gasteiger partial charge on any atom is 0.255 e. The Kier molecular flexibility index (Phi) is 6.14. The Hall–Kier alpha value is -1.56. The summed E-state index contributed by atoms with van der Waals surface area (Å²) in [5.74, 6) is 0.179. The van der Waals surface area contributed by atoms with Crippen LogP contribution in [0.2, 0.25) is 0 Å². The molecule has 0 radical (unpaired) electrons. The van der Waals surface area contributed by atoms with Gasteiger partial charge >= 0.3 is 0 Å². The Morgan fingerprint density at radius 3 is 2.52 bits per heavy atom. The van der Waals surface area contributed by atoms with Gasteiger partial charge in [0.25, 0.3) is 5.91 Å². The van der Waals surface area contributed by atoms with Gasteiger partial charge in [0.2, 0.25) is 5.91 Å². The fourth-order valence-corrected chi connectivity index (χ4v) is 5.63. The third-order valence-electron chi connectivity index (χ3n) is 5.19. The van der Waals surface area contributed by atoms with Crippen molar-refractivity contribution in [1.82, 2.24) is 10.2 Å². The molecule has 0 aromatic heterocycles. The minimum atomic E-state index is -0.517. The normalized spacial score (nSPS) is 24.1. The Morgan fingerprint density at radius 2 is 1.89 bits per heavy atom. The molecule has 2 fully saturated rings. The van der Waals surface area contributed by atoms with Crippen LogP contribution in [0.3, 0.4) is 0 Å². The lowest BCUT2D eigenvalue weighted by molar-refractivity contribution is -0.126. The number of benzene rings is 1. The lowest BCUT2D eigenvalue weighted by atomic mass is 9.88. The molecule has 1 N–H and O–H groups in total. The van der Waals surface area contributed by atoms with E-state index < -0.39 is 11.9 Å². The number of hydrogen-bond donors (Lipinski definition) is 1. The van der Waals surface area contributed by atoms with Crippen LogP contribution in [-0.2, 0) is 4.79 Å². The third kappa shape index (κ3) is 4.84. The van der Waals surface area contributed by atoms with Crippen LogP contribution in [0.5, 0.6) is 0 Å². The fraction of sp³-hybridized carbons (Fsp3) is 0.619. The highest BCUT2D eigenvalue weighted by molar-refractivity contribution is 8.00. The fourth-order valence-electron chi connectivity index (χ4n) is 3.99. The maximum atomic E-state index is 13.7. The van der Waals surface area contributed by atoms with Crippen LogP contribution in [0.15, 0.2) is 24.3 Å². The zero-order valence-electron chi connectivity index (χ0n) is 16.3. The first-order valence-corrected chi connectivity index (χ1v) is 10.8. The number of hydrogen-bond acceptors (Lipinski definition) is 3. The van der Waals surface area contributed by atoms with E-state index in [-0.39, 0.29) is 22.7 Å². The number of amides is 2. The third-order valence-corrected chi connectivity index (χ3v) is 6.66. The Bertz CT molecular complexity index is 698. The van der Waals surface area contributed by atoms with Crippen molar-refractivity contribution in [1.29, 1.82) is 0 Å². The zero-order valence-corrected chi connectivity index (χ0v) is 17.2. The van der Waals surface area contributed by atoms with Crippen molar-refractivity contribution < 1.29 is 14.0 Å². The quantitative estimate of drug-likeness (QED) is 0.839. The van der Waals surface area contributed by atoms with Crippen molar-refractivity contribution in [3.05, 3.63) is 35.6 Å². The van der Waals surface area contributed by atoms with Crippen LogP contribution in [0.25, 0.3) is 0 Å². The highest BCUT2D eigenvalue weighted by atomic mass is 32.2. The summed E-state index contributed by atoms with van der Waals surface area (Å²) in [6.45, 7) is 5.80. The molecular weight excluding hydrogens is 363 g/mol. The molecule has 148 valence electrons. The van der Waals surface area contributed by atoms with E-state index >= 15 is 0 Å². The number of halogens is 1. The monoisotopic (exact) mass is 392 g/mol. The highest BCUT2D eigenvalue weighted by Crippen LogP contribution is 2.41. The smallest absolute Gasteiger partial charge is 0.255 e. The summed E-state index contributed by atoms with van der Waals surface area (Å²) in [6, 6.07) is 5.26.